The van der Waals surface area contributed by atoms with E-state index in [4.69, 9.17) is 19.0 Å². The maximum absolute atomic E-state index is 13.6. The Labute approximate surface area is 201 Å². The molecule has 0 aliphatic carbocycles. The highest BCUT2D eigenvalue weighted by atomic mass is 19.1. The fraction of sp³-hybridized carbons (Fsp3) is 0.435. The first-order chi connectivity index (χ1) is 16.9. The van der Waals surface area contributed by atoms with Crippen LogP contribution in [-0.2, 0) is 25.7 Å². The van der Waals surface area contributed by atoms with Crippen molar-refractivity contribution in [1.29, 1.82) is 0 Å². The zero-order chi connectivity index (χ0) is 24.9. The van der Waals surface area contributed by atoms with E-state index in [1.165, 1.54) is 32.4 Å². The minimum Gasteiger partial charge on any atom is -0.494 e. The number of halogens is 1. The minimum absolute atomic E-state index is 0.0993. The maximum atomic E-state index is 13.6. The number of ether oxygens (including phenoxy) is 3. The number of hydrogen-bond acceptors (Lipinski definition) is 9. The predicted molar refractivity (Wildman–Crippen MR) is 120 cm³/mol. The fourth-order valence-electron chi connectivity index (χ4n) is 3.71. The molecule has 0 bridgehead atoms. The third kappa shape index (κ3) is 5.72. The Morgan fingerprint density at radius 2 is 2.00 bits per heavy atom. The monoisotopic (exact) mass is 487 g/mol. The average molecular weight is 487 g/mol. The molecule has 2 aliphatic rings. The van der Waals surface area contributed by atoms with E-state index in [0.717, 1.165) is 0 Å². The van der Waals surface area contributed by atoms with Crippen molar-refractivity contribution in [2.45, 2.75) is 38.2 Å². The fourth-order valence-corrected chi connectivity index (χ4v) is 3.71. The van der Waals surface area contributed by atoms with Crippen LogP contribution in [0.15, 0.2) is 29.4 Å². The first-order valence-electron chi connectivity index (χ1n) is 11.0. The predicted octanol–water partition coefficient (Wildman–Crippen LogP) is 0.886. The molecule has 186 valence electrons. The van der Waals surface area contributed by atoms with E-state index in [-0.39, 0.29) is 37.1 Å². The summed E-state index contributed by atoms with van der Waals surface area (Å²) in [5, 5.41) is 9.42. The molecule has 2 amide bonds. The van der Waals surface area contributed by atoms with Gasteiger partial charge in [0.1, 0.15) is 23.3 Å². The van der Waals surface area contributed by atoms with Crippen molar-refractivity contribution >= 4 is 17.5 Å². The van der Waals surface area contributed by atoms with Gasteiger partial charge < -0.3 is 29.7 Å². The molecule has 0 saturated carbocycles. The van der Waals surface area contributed by atoms with Crippen LogP contribution >= 0.6 is 0 Å². The van der Waals surface area contributed by atoms with Gasteiger partial charge in [0.2, 0.25) is 0 Å². The number of rotatable bonds is 7. The van der Waals surface area contributed by atoms with Gasteiger partial charge in [-0.2, -0.15) is 0 Å². The molecule has 35 heavy (non-hydrogen) atoms. The maximum Gasteiger partial charge on any atom is 0.270 e. The van der Waals surface area contributed by atoms with Gasteiger partial charge in [-0.25, -0.2) is 14.4 Å². The van der Waals surface area contributed by atoms with E-state index >= 15 is 0 Å². The molecule has 12 heteroatoms. The van der Waals surface area contributed by atoms with E-state index < -0.39 is 30.0 Å². The van der Waals surface area contributed by atoms with E-state index in [2.05, 4.69) is 25.8 Å². The number of carbonyl (C=O) groups excluding carboxylic acids is 2. The first kappa shape index (κ1) is 24.5. The minimum atomic E-state index is -0.653. The Balaban J connectivity index is 1.37. The molecule has 0 radical (unpaired) electrons. The molecular formula is C23H26FN5O6. The third-order valence-corrected chi connectivity index (χ3v) is 5.60. The molecule has 1 fully saturated rings. The second-order valence-corrected chi connectivity index (χ2v) is 8.03. The molecule has 1 aromatic carbocycles. The zero-order valence-electron chi connectivity index (χ0n) is 19.5. The number of nitrogens with zero attached hydrogens (tertiary/aromatic N) is 3. The smallest absolute Gasteiger partial charge is 0.270 e. The van der Waals surface area contributed by atoms with Crippen LogP contribution < -0.4 is 15.4 Å². The van der Waals surface area contributed by atoms with Gasteiger partial charge in [-0.3, -0.25) is 9.59 Å². The zero-order valence-corrected chi connectivity index (χ0v) is 19.5. The molecule has 1 aromatic heterocycles. The number of methoxy groups -OCH3 is 1. The van der Waals surface area contributed by atoms with Crippen molar-refractivity contribution in [3.05, 3.63) is 52.9 Å². The lowest BCUT2D eigenvalue weighted by molar-refractivity contribution is -0.179. The number of aryl methyl sites for hydroxylation is 1. The van der Waals surface area contributed by atoms with Crippen molar-refractivity contribution in [3.63, 3.8) is 0 Å². The topological polar surface area (TPSA) is 133 Å². The Hall–Kier alpha value is -3.64. The van der Waals surface area contributed by atoms with Crippen molar-refractivity contribution in [2.24, 2.45) is 5.16 Å². The number of carbonyl (C=O) groups is 2. The summed E-state index contributed by atoms with van der Waals surface area (Å²) in [6, 6.07) is 5.90. The average Bonchev–Trinajstić information content (AvgIpc) is 3.38. The summed E-state index contributed by atoms with van der Waals surface area (Å²) in [5.41, 5.74) is 1.86. The molecule has 3 atom stereocenters. The molecule has 3 heterocycles. The summed E-state index contributed by atoms with van der Waals surface area (Å²) < 4.78 is 29.9. The van der Waals surface area contributed by atoms with Gasteiger partial charge in [0.05, 0.1) is 26.0 Å². The van der Waals surface area contributed by atoms with Crippen LogP contribution in [0, 0.1) is 12.7 Å². The lowest BCUT2D eigenvalue weighted by Crippen LogP contribution is -2.48. The summed E-state index contributed by atoms with van der Waals surface area (Å²) in [7, 11) is 2.91. The van der Waals surface area contributed by atoms with E-state index in [1.54, 1.807) is 13.0 Å². The summed E-state index contributed by atoms with van der Waals surface area (Å²) in [6.45, 7) is 2.15. The number of nitrogens with one attached hydrogen (secondary N) is 2. The summed E-state index contributed by atoms with van der Waals surface area (Å²) in [6.07, 6.45) is -1.06. The second-order valence-electron chi connectivity index (χ2n) is 8.03. The van der Waals surface area contributed by atoms with Crippen LogP contribution in [0.5, 0.6) is 5.75 Å². The van der Waals surface area contributed by atoms with Crippen molar-refractivity contribution in [3.8, 4) is 5.75 Å². The number of hydrogen-bond donors (Lipinski definition) is 2. The van der Waals surface area contributed by atoms with Gasteiger partial charge in [0.25, 0.3) is 11.8 Å². The quantitative estimate of drug-likeness (QED) is 0.588. The van der Waals surface area contributed by atoms with Gasteiger partial charge in [-0.15, -0.1) is 0 Å². The largest absolute Gasteiger partial charge is 0.494 e. The van der Waals surface area contributed by atoms with Gasteiger partial charge in [-0.1, -0.05) is 11.2 Å². The highest BCUT2D eigenvalue weighted by molar-refractivity contribution is 6.02. The van der Waals surface area contributed by atoms with E-state index in [9.17, 15) is 14.0 Å². The molecule has 2 aromatic rings. The normalized spacial score (nSPS) is 21.6. The van der Waals surface area contributed by atoms with Gasteiger partial charge in [-0.05, 0) is 30.7 Å². The molecule has 3 unspecified atom stereocenters. The first-order valence-corrected chi connectivity index (χ1v) is 11.0. The number of benzene rings is 1. The Bertz CT molecular complexity index is 1140. The molecule has 2 N–H and O–H groups in total. The van der Waals surface area contributed by atoms with Crippen LogP contribution in [0.1, 0.15) is 34.0 Å². The van der Waals surface area contributed by atoms with Crippen molar-refractivity contribution in [2.75, 3.05) is 27.4 Å². The summed E-state index contributed by atoms with van der Waals surface area (Å²) in [4.78, 5) is 38.6. The van der Waals surface area contributed by atoms with Gasteiger partial charge in [0.15, 0.2) is 23.8 Å². The van der Waals surface area contributed by atoms with Crippen LogP contribution in [-0.4, -0.2) is 73.2 Å². The SMILES string of the molecule is CNC(=O)C1COC(C2CC(c3cc(C(=O)NCc4ccc(F)c(OC)c4)nc(C)n3)=NO2)CO1. The Kier molecular flexibility index (Phi) is 7.51. The standard InChI is InChI=1S/C23H26FN5O6/c1-12-27-15(16-8-19(35-29-16)20-10-34-21(11-33-20)23(31)25-2)7-17(28-12)22(30)26-9-13-4-5-14(24)18(6-13)32-3/h4-7,19-21H,8-11H2,1-3H3,(H,25,31)(H,26,30). The van der Waals surface area contributed by atoms with Crippen LogP contribution in [0.25, 0.3) is 0 Å². The highest BCUT2D eigenvalue weighted by Crippen LogP contribution is 2.23. The molecule has 0 spiro atoms. The number of oxime groups is 1. The molecule has 4 rings (SSSR count). The molecule has 11 nitrogen and oxygen atoms in total. The Morgan fingerprint density at radius 1 is 1.17 bits per heavy atom. The molecule has 1 saturated heterocycles. The van der Waals surface area contributed by atoms with E-state index in [1.807, 2.05) is 0 Å². The summed E-state index contributed by atoms with van der Waals surface area (Å²) >= 11 is 0. The van der Waals surface area contributed by atoms with Gasteiger partial charge in [0, 0.05) is 20.0 Å². The van der Waals surface area contributed by atoms with Gasteiger partial charge >= 0.3 is 0 Å². The molecular weight excluding hydrogens is 461 g/mol. The van der Waals surface area contributed by atoms with Crippen molar-refractivity contribution in [1.82, 2.24) is 20.6 Å². The lowest BCUT2D eigenvalue weighted by atomic mass is 10.0. The van der Waals surface area contributed by atoms with Crippen molar-refractivity contribution < 1.29 is 33.0 Å². The third-order valence-electron chi connectivity index (χ3n) is 5.60. The van der Waals surface area contributed by atoms with E-state index in [0.29, 0.717) is 29.2 Å². The molecule has 2 aliphatic heterocycles. The Morgan fingerprint density at radius 3 is 2.71 bits per heavy atom. The number of amides is 2. The van der Waals surface area contributed by atoms with Crippen LogP contribution in [0.2, 0.25) is 0 Å². The van der Waals surface area contributed by atoms with Crippen LogP contribution in [0.3, 0.4) is 0 Å². The lowest BCUT2D eigenvalue weighted by Gasteiger charge is -2.30. The van der Waals surface area contributed by atoms with Crippen LogP contribution in [0.4, 0.5) is 4.39 Å². The summed E-state index contributed by atoms with van der Waals surface area (Å²) in [5.74, 6) is -0.642. The number of likely N-dealkylation sites (N-methyl/N-ethyl adjacent to an activating group) is 1. The highest BCUT2D eigenvalue weighted by Gasteiger charge is 2.37. The second kappa shape index (κ2) is 10.7. The number of aromatic nitrogens is 2.